The molecule has 0 radical (unpaired) electrons. The molecule has 0 aromatic heterocycles. The van der Waals surface area contributed by atoms with Gasteiger partial charge in [-0.1, -0.05) is 38.0 Å². The average molecular weight is 312 g/mol. The molecule has 118 valence electrons. The molecule has 5 nitrogen and oxygen atoms in total. The molecule has 1 aromatic carbocycles. The number of nitrogens with one attached hydrogen (secondary N) is 1. The van der Waals surface area contributed by atoms with E-state index in [1.165, 1.54) is 0 Å². The van der Waals surface area contributed by atoms with E-state index in [1.807, 2.05) is 0 Å². The maximum atomic E-state index is 12.1. The second-order valence-corrected chi connectivity index (χ2v) is 8.01. The summed E-state index contributed by atoms with van der Waals surface area (Å²) < 4.78 is 26.8. The minimum absolute atomic E-state index is 0.0758. The monoisotopic (exact) mass is 312 g/mol. The number of aliphatic hydroxyl groups is 1. The van der Waals surface area contributed by atoms with Crippen LogP contribution in [0.1, 0.15) is 38.2 Å². The molecule has 0 saturated heterocycles. The minimum Gasteiger partial charge on any atom is -0.398 e. The number of nitrogens with two attached hydrogens (primary N) is 1. The SMILES string of the molecule is CC1CCCC(O)(CNS(=O)(=O)Cc2ccccc2N)C1. The lowest BCUT2D eigenvalue weighted by molar-refractivity contribution is -0.00752. The Hall–Kier alpha value is -1.11. The van der Waals surface area contributed by atoms with E-state index in [1.54, 1.807) is 24.3 Å². The Morgan fingerprint density at radius 3 is 2.81 bits per heavy atom. The highest BCUT2D eigenvalue weighted by Gasteiger charge is 2.33. The van der Waals surface area contributed by atoms with Crippen LogP contribution in [0.5, 0.6) is 0 Å². The van der Waals surface area contributed by atoms with Crippen molar-refractivity contribution in [1.29, 1.82) is 0 Å². The first-order valence-corrected chi connectivity index (χ1v) is 8.98. The van der Waals surface area contributed by atoms with Crippen molar-refractivity contribution < 1.29 is 13.5 Å². The third-order valence-corrected chi connectivity index (χ3v) is 5.36. The smallest absolute Gasteiger partial charge is 0.215 e. The number of benzene rings is 1. The molecule has 6 heteroatoms. The summed E-state index contributed by atoms with van der Waals surface area (Å²) in [4.78, 5) is 0. The molecule has 2 atom stereocenters. The van der Waals surface area contributed by atoms with E-state index >= 15 is 0 Å². The summed E-state index contributed by atoms with van der Waals surface area (Å²) in [5.41, 5.74) is 5.89. The van der Waals surface area contributed by atoms with E-state index in [0.29, 0.717) is 30.0 Å². The number of rotatable bonds is 5. The quantitative estimate of drug-likeness (QED) is 0.721. The van der Waals surface area contributed by atoms with E-state index < -0.39 is 15.6 Å². The highest BCUT2D eigenvalue weighted by atomic mass is 32.2. The molecular formula is C15H24N2O3S. The average Bonchev–Trinajstić information content (AvgIpc) is 2.39. The van der Waals surface area contributed by atoms with E-state index in [4.69, 9.17) is 5.73 Å². The summed E-state index contributed by atoms with van der Waals surface area (Å²) in [6.07, 6.45) is 3.32. The normalized spacial score (nSPS) is 26.7. The van der Waals surface area contributed by atoms with Crippen molar-refractivity contribution >= 4 is 15.7 Å². The predicted molar refractivity (Wildman–Crippen MR) is 84.1 cm³/mol. The molecular weight excluding hydrogens is 288 g/mol. The van der Waals surface area contributed by atoms with Crippen molar-refractivity contribution in [3.63, 3.8) is 0 Å². The van der Waals surface area contributed by atoms with Gasteiger partial charge in [0.25, 0.3) is 0 Å². The summed E-state index contributed by atoms with van der Waals surface area (Å²) in [5.74, 6) is 0.267. The van der Waals surface area contributed by atoms with Gasteiger partial charge in [-0.3, -0.25) is 0 Å². The molecule has 0 bridgehead atoms. The van der Waals surface area contributed by atoms with Gasteiger partial charge in [0.2, 0.25) is 10.0 Å². The van der Waals surface area contributed by atoms with Crippen molar-refractivity contribution in [2.45, 2.75) is 44.0 Å². The predicted octanol–water partition coefficient (Wildman–Crippen LogP) is 1.63. The fourth-order valence-electron chi connectivity index (χ4n) is 2.96. The molecule has 2 unspecified atom stereocenters. The Labute approximate surface area is 126 Å². The second-order valence-electron chi connectivity index (χ2n) is 6.20. The van der Waals surface area contributed by atoms with Crippen molar-refractivity contribution in [3.8, 4) is 0 Å². The Kier molecular flexibility index (Phi) is 4.91. The largest absolute Gasteiger partial charge is 0.398 e. The lowest BCUT2D eigenvalue weighted by Crippen LogP contribution is -2.46. The molecule has 1 aliphatic carbocycles. The fourth-order valence-corrected chi connectivity index (χ4v) is 4.22. The van der Waals surface area contributed by atoms with E-state index in [-0.39, 0.29) is 12.3 Å². The number of hydrogen-bond acceptors (Lipinski definition) is 4. The van der Waals surface area contributed by atoms with Gasteiger partial charge >= 0.3 is 0 Å². The maximum Gasteiger partial charge on any atom is 0.215 e. The minimum atomic E-state index is -3.50. The Balaban J connectivity index is 1.97. The molecule has 1 fully saturated rings. The third kappa shape index (κ3) is 4.69. The molecule has 1 saturated carbocycles. The van der Waals surface area contributed by atoms with Crippen LogP contribution < -0.4 is 10.5 Å². The number of hydrogen-bond donors (Lipinski definition) is 3. The van der Waals surface area contributed by atoms with Crippen molar-refractivity contribution in [3.05, 3.63) is 29.8 Å². The van der Waals surface area contributed by atoms with Crippen LogP contribution in [0.2, 0.25) is 0 Å². The van der Waals surface area contributed by atoms with Crippen LogP contribution in [0, 0.1) is 5.92 Å². The zero-order valence-electron chi connectivity index (χ0n) is 12.4. The molecule has 21 heavy (non-hydrogen) atoms. The molecule has 0 aliphatic heterocycles. The first kappa shape index (κ1) is 16.3. The van der Waals surface area contributed by atoms with Crippen molar-refractivity contribution in [2.75, 3.05) is 12.3 Å². The Bertz CT molecular complexity index is 588. The molecule has 4 N–H and O–H groups in total. The summed E-state index contributed by atoms with van der Waals surface area (Å²) in [7, 11) is -3.50. The van der Waals surface area contributed by atoms with Crippen molar-refractivity contribution in [1.82, 2.24) is 4.72 Å². The van der Waals surface area contributed by atoms with Crippen LogP contribution in [-0.4, -0.2) is 25.7 Å². The van der Waals surface area contributed by atoms with Crippen LogP contribution in [0.4, 0.5) is 5.69 Å². The van der Waals surface area contributed by atoms with Crippen LogP contribution in [0.25, 0.3) is 0 Å². The topological polar surface area (TPSA) is 92.4 Å². The molecule has 0 heterocycles. The zero-order chi connectivity index (χ0) is 15.5. The van der Waals surface area contributed by atoms with Gasteiger partial charge < -0.3 is 10.8 Å². The summed E-state index contributed by atoms with van der Waals surface area (Å²) in [6, 6.07) is 6.91. The summed E-state index contributed by atoms with van der Waals surface area (Å²) in [5, 5.41) is 10.5. The van der Waals surface area contributed by atoms with Gasteiger partial charge in [-0.25, -0.2) is 13.1 Å². The van der Waals surface area contributed by atoms with Crippen LogP contribution in [-0.2, 0) is 15.8 Å². The number of sulfonamides is 1. The first-order chi connectivity index (χ1) is 9.80. The van der Waals surface area contributed by atoms with E-state index in [9.17, 15) is 13.5 Å². The number of para-hydroxylation sites is 1. The van der Waals surface area contributed by atoms with Gasteiger partial charge in [0.15, 0.2) is 0 Å². The molecule has 2 rings (SSSR count). The van der Waals surface area contributed by atoms with Gasteiger partial charge in [-0.05, 0) is 30.4 Å². The maximum absolute atomic E-state index is 12.1. The van der Waals surface area contributed by atoms with Crippen molar-refractivity contribution in [2.24, 2.45) is 5.92 Å². The first-order valence-electron chi connectivity index (χ1n) is 7.33. The van der Waals surface area contributed by atoms with Crippen LogP contribution >= 0.6 is 0 Å². The second kappa shape index (κ2) is 6.34. The van der Waals surface area contributed by atoms with Gasteiger partial charge in [0.05, 0.1) is 11.4 Å². The Morgan fingerprint density at radius 2 is 2.14 bits per heavy atom. The van der Waals surface area contributed by atoms with Crippen LogP contribution in [0.3, 0.4) is 0 Å². The summed E-state index contributed by atoms with van der Waals surface area (Å²) in [6.45, 7) is 2.16. The zero-order valence-corrected chi connectivity index (χ0v) is 13.2. The molecule has 1 aromatic rings. The highest BCUT2D eigenvalue weighted by molar-refractivity contribution is 7.88. The lowest BCUT2D eigenvalue weighted by atomic mass is 9.79. The number of nitrogen functional groups attached to an aromatic ring is 1. The molecule has 0 spiro atoms. The Morgan fingerprint density at radius 1 is 1.43 bits per heavy atom. The molecule has 1 aliphatic rings. The highest BCUT2D eigenvalue weighted by Crippen LogP contribution is 2.31. The summed E-state index contributed by atoms with van der Waals surface area (Å²) >= 11 is 0. The standard InChI is InChI=1S/C15H24N2O3S/c1-12-5-4-8-15(18,9-12)11-17-21(19,20)10-13-6-2-3-7-14(13)16/h2-3,6-7,12,17-18H,4-5,8-11,16H2,1H3. The third-order valence-electron chi connectivity index (χ3n) is 4.09. The van der Waals surface area contributed by atoms with Gasteiger partial charge in [-0.15, -0.1) is 0 Å². The van der Waals surface area contributed by atoms with E-state index in [0.717, 1.165) is 12.8 Å². The van der Waals surface area contributed by atoms with Gasteiger partial charge in [0, 0.05) is 12.2 Å². The van der Waals surface area contributed by atoms with E-state index in [2.05, 4.69) is 11.6 Å². The molecule has 0 amide bonds. The lowest BCUT2D eigenvalue weighted by Gasteiger charge is -2.35. The van der Waals surface area contributed by atoms with Gasteiger partial charge in [0.1, 0.15) is 0 Å². The number of anilines is 1. The van der Waals surface area contributed by atoms with Crippen LogP contribution in [0.15, 0.2) is 24.3 Å². The fraction of sp³-hybridized carbons (Fsp3) is 0.600. The van der Waals surface area contributed by atoms with Gasteiger partial charge in [-0.2, -0.15) is 0 Å².